The van der Waals surface area contributed by atoms with Gasteiger partial charge in [0, 0.05) is 5.39 Å². The molecule has 0 aliphatic carbocycles. The van der Waals surface area contributed by atoms with Crippen molar-refractivity contribution in [1.29, 1.82) is 0 Å². The highest BCUT2D eigenvalue weighted by Crippen LogP contribution is 2.31. The number of pyridine rings is 1. The van der Waals surface area contributed by atoms with Gasteiger partial charge in [-0.1, -0.05) is 41.4 Å². The first-order valence-corrected chi connectivity index (χ1v) is 5.80. The Morgan fingerprint density at radius 2 is 1.82 bits per heavy atom. The van der Waals surface area contributed by atoms with E-state index in [0.717, 1.165) is 5.39 Å². The summed E-state index contributed by atoms with van der Waals surface area (Å²) in [6.45, 7) is 0. The molecule has 0 N–H and O–H groups in total. The minimum Gasteiger partial charge on any atom is -0.453 e. The third-order valence-electron chi connectivity index (χ3n) is 2.46. The minimum atomic E-state index is 0.439. The van der Waals surface area contributed by atoms with Gasteiger partial charge >= 0.3 is 0 Å². The zero-order valence-electron chi connectivity index (χ0n) is 8.65. The summed E-state index contributed by atoms with van der Waals surface area (Å²) in [4.78, 5) is 4.20. The highest BCUT2D eigenvalue weighted by Gasteiger charge is 2.09. The van der Waals surface area contributed by atoms with Gasteiger partial charge in [0.2, 0.25) is 0 Å². The van der Waals surface area contributed by atoms with Crippen LogP contribution in [0.5, 0.6) is 0 Å². The third-order valence-corrected chi connectivity index (χ3v) is 2.97. The molecule has 0 fully saturated rings. The molecule has 3 aromatic rings. The summed E-state index contributed by atoms with van der Waals surface area (Å²) in [5, 5.41) is 1.99. The molecule has 0 saturated heterocycles. The summed E-state index contributed by atoms with van der Waals surface area (Å²) in [7, 11) is 0. The maximum Gasteiger partial charge on any atom is 0.153 e. The number of benzene rings is 1. The van der Waals surface area contributed by atoms with E-state index in [1.807, 2.05) is 30.3 Å². The molecule has 0 amide bonds. The van der Waals surface area contributed by atoms with Crippen molar-refractivity contribution in [2.24, 2.45) is 0 Å². The summed E-state index contributed by atoms with van der Waals surface area (Å²) < 4.78 is 5.69. The van der Waals surface area contributed by atoms with Crippen LogP contribution in [0.3, 0.4) is 0 Å². The fourth-order valence-electron chi connectivity index (χ4n) is 1.70. The van der Waals surface area contributed by atoms with Crippen molar-refractivity contribution in [3.8, 4) is 11.5 Å². The van der Waals surface area contributed by atoms with Gasteiger partial charge in [-0.05, 0) is 24.3 Å². The summed E-state index contributed by atoms with van der Waals surface area (Å²) in [5.41, 5.74) is 1.37. The molecular formula is C13H7Cl2NO. The zero-order valence-corrected chi connectivity index (χ0v) is 10.2. The lowest BCUT2D eigenvalue weighted by Crippen LogP contribution is -1.79. The number of nitrogens with zero attached hydrogens (tertiary/aromatic N) is 1. The maximum absolute atomic E-state index is 6.05. The minimum absolute atomic E-state index is 0.439. The summed E-state index contributed by atoms with van der Waals surface area (Å²) in [5.74, 6) is 0.663. The predicted octanol–water partition coefficient (Wildman–Crippen LogP) is 4.80. The lowest BCUT2D eigenvalue weighted by atomic mass is 10.2. The van der Waals surface area contributed by atoms with Gasteiger partial charge in [0.05, 0.1) is 5.02 Å². The monoisotopic (exact) mass is 263 g/mol. The molecular weight excluding hydrogens is 257 g/mol. The van der Waals surface area contributed by atoms with E-state index in [9.17, 15) is 0 Å². The molecule has 0 bridgehead atoms. The van der Waals surface area contributed by atoms with Gasteiger partial charge in [-0.15, -0.1) is 0 Å². The number of para-hydroxylation sites is 1. The number of fused-ring (bicyclic) bond motifs is 1. The summed E-state index contributed by atoms with van der Waals surface area (Å²) >= 11 is 11.9. The Morgan fingerprint density at radius 3 is 2.59 bits per heavy atom. The number of hydrogen-bond acceptors (Lipinski definition) is 2. The van der Waals surface area contributed by atoms with Crippen molar-refractivity contribution in [1.82, 2.24) is 4.98 Å². The molecule has 0 radical (unpaired) electrons. The van der Waals surface area contributed by atoms with Crippen molar-refractivity contribution < 1.29 is 4.42 Å². The fourth-order valence-corrected chi connectivity index (χ4v) is 2.08. The molecule has 17 heavy (non-hydrogen) atoms. The van der Waals surface area contributed by atoms with Crippen molar-refractivity contribution in [2.45, 2.75) is 0 Å². The van der Waals surface area contributed by atoms with Crippen molar-refractivity contribution in [3.63, 3.8) is 0 Å². The Kier molecular flexibility index (Phi) is 2.54. The van der Waals surface area contributed by atoms with E-state index in [-0.39, 0.29) is 0 Å². The Hall–Kier alpha value is -1.51. The van der Waals surface area contributed by atoms with Crippen molar-refractivity contribution in [2.75, 3.05) is 0 Å². The Morgan fingerprint density at radius 1 is 1.00 bits per heavy atom. The first kappa shape index (κ1) is 10.6. The van der Waals surface area contributed by atoms with Gasteiger partial charge in [0.1, 0.15) is 10.8 Å². The van der Waals surface area contributed by atoms with Crippen LogP contribution in [0.1, 0.15) is 0 Å². The highest BCUT2D eigenvalue weighted by atomic mass is 35.5. The zero-order chi connectivity index (χ0) is 11.8. The first-order valence-electron chi connectivity index (χ1n) is 5.05. The second kappa shape index (κ2) is 4.06. The van der Waals surface area contributed by atoms with Crippen molar-refractivity contribution in [3.05, 3.63) is 52.6 Å². The largest absolute Gasteiger partial charge is 0.453 e. The van der Waals surface area contributed by atoms with Gasteiger partial charge < -0.3 is 4.42 Å². The molecule has 2 nitrogen and oxygen atoms in total. The Balaban J connectivity index is 2.22. The van der Waals surface area contributed by atoms with E-state index in [1.165, 1.54) is 0 Å². The average Bonchev–Trinajstić information content (AvgIpc) is 2.74. The van der Waals surface area contributed by atoms with Crippen LogP contribution in [-0.4, -0.2) is 4.98 Å². The molecule has 0 aliphatic rings. The van der Waals surface area contributed by atoms with Crippen LogP contribution in [0, 0.1) is 0 Å². The topological polar surface area (TPSA) is 26.0 Å². The van der Waals surface area contributed by atoms with Crippen LogP contribution in [0.2, 0.25) is 10.2 Å². The van der Waals surface area contributed by atoms with E-state index in [2.05, 4.69) is 4.98 Å². The second-order valence-corrected chi connectivity index (χ2v) is 4.41. The SMILES string of the molecule is Clc1cccc(-c2cc3cccc(Cl)c3o2)n1. The average molecular weight is 264 g/mol. The number of aromatic nitrogens is 1. The Bertz CT molecular complexity index is 691. The van der Waals surface area contributed by atoms with Crippen LogP contribution in [0.15, 0.2) is 46.9 Å². The summed E-state index contributed by atoms with van der Waals surface area (Å²) in [6.07, 6.45) is 0. The van der Waals surface area contributed by atoms with E-state index in [4.69, 9.17) is 27.6 Å². The quantitative estimate of drug-likeness (QED) is 0.590. The highest BCUT2D eigenvalue weighted by molar-refractivity contribution is 6.34. The molecule has 3 rings (SSSR count). The molecule has 0 unspecified atom stereocenters. The molecule has 0 aliphatic heterocycles. The molecule has 0 atom stereocenters. The van der Waals surface area contributed by atoms with Gasteiger partial charge in [0.15, 0.2) is 11.3 Å². The van der Waals surface area contributed by atoms with E-state index in [0.29, 0.717) is 27.2 Å². The van der Waals surface area contributed by atoms with Crippen molar-refractivity contribution >= 4 is 34.2 Å². The normalized spacial score (nSPS) is 10.9. The molecule has 0 saturated carbocycles. The van der Waals surface area contributed by atoms with Crippen LogP contribution < -0.4 is 0 Å². The third kappa shape index (κ3) is 1.90. The van der Waals surface area contributed by atoms with E-state index in [1.54, 1.807) is 12.1 Å². The van der Waals surface area contributed by atoms with Crippen LogP contribution in [0.4, 0.5) is 0 Å². The molecule has 84 valence electrons. The molecule has 1 aromatic carbocycles. The molecule has 0 spiro atoms. The number of halogens is 2. The molecule has 4 heteroatoms. The standard InChI is InChI=1S/C13H7Cl2NO/c14-9-4-1-3-8-7-11(17-13(8)9)10-5-2-6-12(15)16-10/h1-7H. The Labute approximate surface area is 108 Å². The van der Waals surface area contributed by atoms with Gasteiger partial charge in [-0.3, -0.25) is 0 Å². The van der Waals surface area contributed by atoms with Crippen LogP contribution in [0.25, 0.3) is 22.4 Å². The van der Waals surface area contributed by atoms with Gasteiger partial charge in [-0.25, -0.2) is 4.98 Å². The molecule has 2 aromatic heterocycles. The molecule has 2 heterocycles. The van der Waals surface area contributed by atoms with Gasteiger partial charge in [-0.2, -0.15) is 0 Å². The second-order valence-electron chi connectivity index (χ2n) is 3.61. The number of furan rings is 1. The fraction of sp³-hybridized carbons (Fsp3) is 0. The lowest BCUT2D eigenvalue weighted by Gasteiger charge is -1.95. The lowest BCUT2D eigenvalue weighted by molar-refractivity contribution is 0.629. The number of hydrogen-bond donors (Lipinski definition) is 0. The summed E-state index contributed by atoms with van der Waals surface area (Å²) in [6, 6.07) is 12.9. The first-order chi connectivity index (χ1) is 8.24. The smallest absolute Gasteiger partial charge is 0.153 e. The number of rotatable bonds is 1. The van der Waals surface area contributed by atoms with E-state index < -0.39 is 0 Å². The van der Waals surface area contributed by atoms with Crippen LogP contribution in [-0.2, 0) is 0 Å². The van der Waals surface area contributed by atoms with Crippen LogP contribution >= 0.6 is 23.2 Å². The van der Waals surface area contributed by atoms with Gasteiger partial charge in [0.25, 0.3) is 0 Å². The van der Waals surface area contributed by atoms with E-state index >= 15 is 0 Å². The maximum atomic E-state index is 6.05. The predicted molar refractivity (Wildman–Crippen MR) is 69.5 cm³/mol.